The first-order valence-corrected chi connectivity index (χ1v) is 10.9. The van der Waals surface area contributed by atoms with Crippen LogP contribution in [0.5, 0.6) is 11.5 Å². The van der Waals surface area contributed by atoms with Gasteiger partial charge in [0.1, 0.15) is 0 Å². The number of aromatic hydroxyl groups is 1. The van der Waals surface area contributed by atoms with Crippen LogP contribution in [0, 0.1) is 28.9 Å². The minimum atomic E-state index is -0.899. The van der Waals surface area contributed by atoms with Gasteiger partial charge in [0.2, 0.25) is 0 Å². The van der Waals surface area contributed by atoms with Crippen LogP contribution < -0.4 is 4.74 Å². The number of ketones is 1. The third-order valence-corrected chi connectivity index (χ3v) is 7.95. The maximum atomic E-state index is 13.7. The van der Waals surface area contributed by atoms with Gasteiger partial charge in [0, 0.05) is 5.41 Å². The van der Waals surface area contributed by atoms with Gasteiger partial charge in [-0.25, -0.2) is 8.78 Å². The number of methoxy groups -OCH3 is 1. The Labute approximate surface area is 180 Å². The molecule has 4 atom stereocenters. The van der Waals surface area contributed by atoms with E-state index in [2.05, 4.69) is 6.92 Å². The molecule has 0 saturated heterocycles. The number of carbonyl (C=O) groups is 1. The first-order valence-electron chi connectivity index (χ1n) is 10.9. The summed E-state index contributed by atoms with van der Waals surface area (Å²) in [6, 6.07) is 7.57. The zero-order chi connectivity index (χ0) is 21.9. The van der Waals surface area contributed by atoms with E-state index in [1.165, 1.54) is 17.2 Å². The number of hydrogen-bond acceptors (Lipinski definition) is 3. The van der Waals surface area contributed by atoms with E-state index in [0.717, 1.165) is 37.8 Å². The second-order valence-corrected chi connectivity index (χ2v) is 9.47. The fourth-order valence-electron chi connectivity index (χ4n) is 6.35. The van der Waals surface area contributed by atoms with Gasteiger partial charge in [-0.15, -0.1) is 0 Å². The zero-order valence-electron chi connectivity index (χ0n) is 17.8. The first-order chi connectivity index (χ1) is 14.8. The molecule has 0 aromatic heterocycles. The van der Waals surface area contributed by atoms with Gasteiger partial charge in [-0.2, -0.15) is 0 Å². The molecule has 0 radical (unpaired) electrons. The summed E-state index contributed by atoms with van der Waals surface area (Å²) in [7, 11) is 1.56. The van der Waals surface area contributed by atoms with E-state index >= 15 is 0 Å². The van der Waals surface area contributed by atoms with E-state index in [9.17, 15) is 18.7 Å². The van der Waals surface area contributed by atoms with Crippen LogP contribution in [0.1, 0.15) is 55.2 Å². The first kappa shape index (κ1) is 20.2. The molecule has 3 nitrogen and oxygen atoms in total. The molecule has 5 heteroatoms. The lowest BCUT2D eigenvalue weighted by Gasteiger charge is -2.48. The number of hydrogen-bond donors (Lipinski definition) is 1. The van der Waals surface area contributed by atoms with Crippen molar-refractivity contribution < 1.29 is 23.4 Å². The SMILES string of the molecule is COc1cc2c(cc1O)CC[C@@H]1[C@@H]2CC[C@]2(C)C(=O)/C(=C/c3ccc(F)c(F)c3)C[C@@H]12. The van der Waals surface area contributed by atoms with Crippen molar-refractivity contribution in [3.63, 3.8) is 0 Å². The van der Waals surface area contributed by atoms with Crippen LogP contribution in [0.2, 0.25) is 0 Å². The molecule has 1 N–H and O–H groups in total. The Balaban J connectivity index is 1.49. The van der Waals surface area contributed by atoms with Crippen molar-refractivity contribution in [2.75, 3.05) is 7.11 Å². The predicted molar refractivity (Wildman–Crippen MR) is 114 cm³/mol. The molecule has 3 aliphatic carbocycles. The van der Waals surface area contributed by atoms with Crippen LogP contribution in [0.4, 0.5) is 8.78 Å². The van der Waals surface area contributed by atoms with Crippen molar-refractivity contribution in [1.29, 1.82) is 0 Å². The molecule has 0 bridgehead atoms. The molecule has 3 aliphatic rings. The summed E-state index contributed by atoms with van der Waals surface area (Å²) in [4.78, 5) is 13.4. The Kier molecular flexibility index (Phi) is 4.68. The Morgan fingerprint density at radius 2 is 1.97 bits per heavy atom. The number of aryl methyl sites for hydroxylation is 1. The molecule has 0 aliphatic heterocycles. The molecule has 5 rings (SSSR count). The van der Waals surface area contributed by atoms with Crippen molar-refractivity contribution in [3.8, 4) is 11.5 Å². The standard InChI is InChI=1S/C26H26F2O3/c1-26-8-7-17-18(5-4-15-12-23(29)24(31-2)13-19(15)17)20(26)11-16(25(26)30)9-14-3-6-21(27)22(28)10-14/h3,6,9-10,12-13,17-18,20,29H,4-5,7-8,11H2,1-2H3/b16-9+/t17-,18+,20-,26-/m0/s1. The Hall–Kier alpha value is -2.69. The van der Waals surface area contributed by atoms with Crippen molar-refractivity contribution in [2.45, 2.75) is 44.9 Å². The van der Waals surface area contributed by atoms with Crippen LogP contribution in [0.25, 0.3) is 6.08 Å². The van der Waals surface area contributed by atoms with Gasteiger partial charge < -0.3 is 9.84 Å². The number of Topliss-reactive ketones (excluding diaryl/α,β-unsaturated/α-hetero) is 1. The number of benzene rings is 2. The molecule has 2 aromatic rings. The number of allylic oxidation sites excluding steroid dienone is 1. The smallest absolute Gasteiger partial charge is 0.165 e. The largest absolute Gasteiger partial charge is 0.504 e. The van der Waals surface area contributed by atoms with Gasteiger partial charge in [0.25, 0.3) is 0 Å². The summed E-state index contributed by atoms with van der Waals surface area (Å²) in [5.74, 6) is -0.0253. The van der Waals surface area contributed by atoms with Crippen LogP contribution in [-0.2, 0) is 11.2 Å². The summed E-state index contributed by atoms with van der Waals surface area (Å²) in [5.41, 5.74) is 3.23. The van der Waals surface area contributed by atoms with E-state index in [1.54, 1.807) is 13.2 Å². The maximum absolute atomic E-state index is 13.7. The Bertz CT molecular complexity index is 1110. The van der Waals surface area contributed by atoms with E-state index < -0.39 is 17.0 Å². The number of ether oxygens (including phenoxy) is 1. The molecule has 162 valence electrons. The average molecular weight is 424 g/mol. The number of halogens is 2. The van der Waals surface area contributed by atoms with Crippen molar-refractivity contribution in [3.05, 3.63) is 64.2 Å². The molecule has 2 saturated carbocycles. The van der Waals surface area contributed by atoms with Crippen LogP contribution in [0.15, 0.2) is 35.9 Å². The van der Waals surface area contributed by atoms with Crippen molar-refractivity contribution in [1.82, 2.24) is 0 Å². The van der Waals surface area contributed by atoms with E-state index in [0.29, 0.717) is 35.1 Å². The van der Waals surface area contributed by atoms with Gasteiger partial charge in [-0.1, -0.05) is 13.0 Å². The normalized spacial score (nSPS) is 30.6. The van der Waals surface area contributed by atoms with Gasteiger partial charge in [0.05, 0.1) is 7.11 Å². The molecule has 2 aromatic carbocycles. The van der Waals surface area contributed by atoms with Gasteiger partial charge in [0.15, 0.2) is 28.9 Å². The van der Waals surface area contributed by atoms with E-state index in [-0.39, 0.29) is 17.5 Å². The summed E-state index contributed by atoms with van der Waals surface area (Å²) in [6.45, 7) is 2.08. The number of rotatable bonds is 2. The number of phenols is 1. The number of fused-ring (bicyclic) bond motifs is 5. The van der Waals surface area contributed by atoms with E-state index in [1.807, 2.05) is 12.1 Å². The Morgan fingerprint density at radius 3 is 2.71 bits per heavy atom. The highest BCUT2D eigenvalue weighted by atomic mass is 19.2. The fraction of sp³-hybridized carbons (Fsp3) is 0.423. The highest BCUT2D eigenvalue weighted by Gasteiger charge is 2.56. The topological polar surface area (TPSA) is 46.5 Å². The third-order valence-electron chi connectivity index (χ3n) is 7.95. The van der Waals surface area contributed by atoms with Gasteiger partial charge in [-0.3, -0.25) is 4.79 Å². The molecule has 31 heavy (non-hydrogen) atoms. The molecule has 0 heterocycles. The molecule has 0 unspecified atom stereocenters. The minimum Gasteiger partial charge on any atom is -0.504 e. The second kappa shape index (κ2) is 7.18. The van der Waals surface area contributed by atoms with Crippen molar-refractivity contribution >= 4 is 11.9 Å². The summed E-state index contributed by atoms with van der Waals surface area (Å²) in [5, 5.41) is 10.2. The lowest BCUT2D eigenvalue weighted by Crippen LogP contribution is -2.42. The summed E-state index contributed by atoms with van der Waals surface area (Å²) >= 11 is 0. The molecule has 0 amide bonds. The highest BCUT2D eigenvalue weighted by molar-refractivity contribution is 6.06. The molecular weight excluding hydrogens is 398 g/mol. The van der Waals surface area contributed by atoms with Gasteiger partial charge >= 0.3 is 0 Å². The molecule has 0 spiro atoms. The summed E-state index contributed by atoms with van der Waals surface area (Å²) < 4.78 is 32.3. The maximum Gasteiger partial charge on any atom is 0.165 e. The Morgan fingerprint density at radius 1 is 1.16 bits per heavy atom. The fourth-order valence-corrected chi connectivity index (χ4v) is 6.35. The quantitative estimate of drug-likeness (QED) is 0.620. The zero-order valence-corrected chi connectivity index (χ0v) is 17.8. The van der Waals surface area contributed by atoms with E-state index in [4.69, 9.17) is 4.74 Å². The lowest BCUT2D eigenvalue weighted by atomic mass is 9.55. The minimum absolute atomic E-state index is 0.148. The third kappa shape index (κ3) is 3.08. The number of carbonyl (C=O) groups excluding carboxylic acids is 1. The molecule has 2 fully saturated rings. The monoisotopic (exact) mass is 424 g/mol. The number of phenolic OH excluding ortho intramolecular Hbond substituents is 1. The van der Waals surface area contributed by atoms with Gasteiger partial charge in [-0.05, 0) is 102 Å². The van der Waals surface area contributed by atoms with Crippen LogP contribution in [0.3, 0.4) is 0 Å². The average Bonchev–Trinajstić information content (AvgIpc) is 3.00. The summed E-state index contributed by atoms with van der Waals surface area (Å²) in [6.07, 6.45) is 5.98. The highest BCUT2D eigenvalue weighted by Crippen LogP contribution is 2.61. The second-order valence-electron chi connectivity index (χ2n) is 9.47. The van der Waals surface area contributed by atoms with Crippen molar-refractivity contribution in [2.24, 2.45) is 17.3 Å². The predicted octanol–water partition coefficient (Wildman–Crippen LogP) is 5.80. The molecular formula is C26H26F2O3. The lowest BCUT2D eigenvalue weighted by molar-refractivity contribution is -0.127. The van der Waals surface area contributed by atoms with Crippen LogP contribution >= 0.6 is 0 Å². The van der Waals surface area contributed by atoms with Crippen LogP contribution in [-0.4, -0.2) is 18.0 Å².